The number of pyridine rings is 5. The van der Waals surface area contributed by atoms with Gasteiger partial charge in [0.1, 0.15) is 22.9 Å². The van der Waals surface area contributed by atoms with E-state index in [0.29, 0.717) is 79.2 Å². The van der Waals surface area contributed by atoms with Gasteiger partial charge in [0.2, 0.25) is 0 Å². The van der Waals surface area contributed by atoms with Crippen LogP contribution in [0, 0.1) is 6.92 Å². The zero-order valence-electron chi connectivity index (χ0n) is 36.2. The van der Waals surface area contributed by atoms with E-state index in [1.165, 1.54) is 5.56 Å². The summed E-state index contributed by atoms with van der Waals surface area (Å²) in [6.45, 7) is 9.82. The van der Waals surface area contributed by atoms with Crippen molar-refractivity contribution in [3.05, 3.63) is 158 Å². The van der Waals surface area contributed by atoms with E-state index in [4.69, 9.17) is 24.7 Å². The summed E-state index contributed by atoms with van der Waals surface area (Å²) in [5, 5.41) is 3.56. The number of hydrogen-bond donors (Lipinski definition) is 4. The van der Waals surface area contributed by atoms with E-state index in [9.17, 15) is 9.59 Å². The second kappa shape index (κ2) is 17.9. The molecule has 0 aliphatic carbocycles. The molecule has 15 nitrogen and oxygen atoms in total. The normalized spacial score (nSPS) is 15.4. The SMILES string of the molecule is Cc1ccnc(C(C)Nc2ccc3c(c2)Cc2ccnc(-c4cc(N5CCOCC5)cc(=O)[nH]4)c2O3)c1.Nc1ccc2c(c1)Cc1ccnc(-c3cc(N4CCOCC4)cc(=O)[nH]3)c1O2. The second-order valence-corrected chi connectivity index (χ2v) is 16.6. The van der Waals surface area contributed by atoms with E-state index in [-0.39, 0.29) is 17.2 Å². The third-order valence-corrected chi connectivity index (χ3v) is 12.0. The summed E-state index contributed by atoms with van der Waals surface area (Å²) in [5.41, 5.74) is 18.0. The van der Waals surface area contributed by atoms with Crippen LogP contribution < -0.4 is 41.4 Å². The summed E-state index contributed by atoms with van der Waals surface area (Å²) < 4.78 is 23.4. The molecule has 2 fully saturated rings. The number of benzene rings is 2. The molecule has 0 spiro atoms. The van der Waals surface area contributed by atoms with Gasteiger partial charge in [-0.15, -0.1) is 0 Å². The summed E-state index contributed by atoms with van der Waals surface area (Å²) >= 11 is 0. The molecular formula is C50H49N9O6. The molecule has 0 saturated carbocycles. The van der Waals surface area contributed by atoms with Gasteiger partial charge in [0, 0.05) is 115 Å². The Labute approximate surface area is 375 Å². The zero-order valence-corrected chi connectivity index (χ0v) is 36.2. The van der Waals surface area contributed by atoms with Crippen molar-refractivity contribution in [1.29, 1.82) is 0 Å². The van der Waals surface area contributed by atoms with Crippen molar-refractivity contribution in [2.45, 2.75) is 32.7 Å². The standard InChI is InChI=1S/C29H29N5O3.C21H20N4O3/c1-18-5-7-30-24(13-18)19(2)32-22-3-4-26-21(15-22)14-20-6-8-31-28(29(20)37-26)25-16-23(17-27(35)33-25)34-9-11-36-12-10-34;22-15-1-2-18-14(10-15)9-13-3-4-23-20(21(13)28-18)17-11-16(12-19(26)24-17)25-5-7-27-8-6-25/h3-8,13,15-17,19,32H,9-12,14H2,1-2H3,(H,33,35);1-4,10-12H,5-9,22H2,(H,24,26). The Morgan fingerprint density at radius 2 is 1.14 bits per heavy atom. The smallest absolute Gasteiger partial charge is 0.250 e. The quantitative estimate of drug-likeness (QED) is 0.116. The van der Waals surface area contributed by atoms with Crippen LogP contribution in [0.1, 0.15) is 46.5 Å². The van der Waals surface area contributed by atoms with Crippen LogP contribution in [0.5, 0.6) is 23.0 Å². The largest absolute Gasteiger partial charge is 0.454 e. The van der Waals surface area contributed by atoms with E-state index < -0.39 is 0 Å². The molecule has 0 radical (unpaired) electrons. The summed E-state index contributed by atoms with van der Waals surface area (Å²) in [6.07, 6.45) is 6.78. The molecule has 15 heteroatoms. The number of fused-ring (bicyclic) bond motifs is 4. The van der Waals surface area contributed by atoms with Gasteiger partial charge in [-0.1, -0.05) is 0 Å². The number of nitrogen functional groups attached to an aromatic ring is 1. The second-order valence-electron chi connectivity index (χ2n) is 16.6. The molecule has 7 aromatic rings. The van der Waals surface area contributed by atoms with Crippen LogP contribution in [0.3, 0.4) is 0 Å². The highest BCUT2D eigenvalue weighted by Crippen LogP contribution is 2.44. The van der Waals surface area contributed by atoms with Gasteiger partial charge in [-0.3, -0.25) is 24.5 Å². The van der Waals surface area contributed by atoms with Gasteiger partial charge in [-0.2, -0.15) is 0 Å². The molecule has 65 heavy (non-hydrogen) atoms. The first kappa shape index (κ1) is 41.5. The molecule has 0 bridgehead atoms. The number of aromatic amines is 2. The predicted octanol–water partition coefficient (Wildman–Crippen LogP) is 7.40. The average Bonchev–Trinajstić information content (AvgIpc) is 3.32. The maximum atomic E-state index is 12.5. The van der Waals surface area contributed by atoms with Crippen LogP contribution in [0.2, 0.25) is 0 Å². The van der Waals surface area contributed by atoms with E-state index >= 15 is 0 Å². The van der Waals surface area contributed by atoms with E-state index in [1.54, 1.807) is 24.5 Å². The minimum atomic E-state index is -0.164. The topological polar surface area (TPSA) is 186 Å². The maximum absolute atomic E-state index is 12.5. The molecule has 9 heterocycles. The lowest BCUT2D eigenvalue weighted by molar-refractivity contribution is 0.122. The molecule has 11 rings (SSSR count). The monoisotopic (exact) mass is 871 g/mol. The fourth-order valence-corrected chi connectivity index (χ4v) is 8.68. The lowest BCUT2D eigenvalue weighted by Gasteiger charge is -2.29. The van der Waals surface area contributed by atoms with E-state index in [2.05, 4.69) is 66.0 Å². The van der Waals surface area contributed by atoms with Crippen LogP contribution in [-0.2, 0) is 22.3 Å². The predicted molar refractivity (Wildman–Crippen MR) is 251 cm³/mol. The molecule has 2 aromatic carbocycles. The summed E-state index contributed by atoms with van der Waals surface area (Å²) in [5.74, 6) is 2.92. The minimum absolute atomic E-state index is 0.0705. The van der Waals surface area contributed by atoms with Crippen molar-refractivity contribution in [1.82, 2.24) is 24.9 Å². The molecular weight excluding hydrogens is 823 g/mol. The Bertz CT molecular complexity index is 3010. The van der Waals surface area contributed by atoms with Crippen molar-refractivity contribution >= 4 is 22.7 Å². The minimum Gasteiger partial charge on any atom is -0.454 e. The van der Waals surface area contributed by atoms with E-state index in [0.717, 1.165) is 82.7 Å². The third-order valence-electron chi connectivity index (χ3n) is 12.0. The number of anilines is 4. The number of nitrogens with zero attached hydrogens (tertiary/aromatic N) is 5. The van der Waals surface area contributed by atoms with Crippen molar-refractivity contribution in [3.8, 4) is 45.8 Å². The molecule has 330 valence electrons. The molecule has 1 unspecified atom stereocenters. The number of nitrogens with one attached hydrogen (secondary N) is 3. The summed E-state index contributed by atoms with van der Waals surface area (Å²) in [6, 6.07) is 27.0. The highest BCUT2D eigenvalue weighted by Gasteiger charge is 2.25. The third kappa shape index (κ3) is 9.01. The first-order valence-electron chi connectivity index (χ1n) is 21.9. The van der Waals surface area contributed by atoms with Gasteiger partial charge in [0.15, 0.2) is 11.5 Å². The van der Waals surface area contributed by atoms with E-state index in [1.807, 2.05) is 66.9 Å². The van der Waals surface area contributed by atoms with Gasteiger partial charge in [-0.25, -0.2) is 0 Å². The Balaban J connectivity index is 0.000000159. The maximum Gasteiger partial charge on any atom is 0.250 e. The fraction of sp³-hybridized carbons (Fsp3) is 0.260. The van der Waals surface area contributed by atoms with Crippen LogP contribution in [0.25, 0.3) is 22.8 Å². The number of hydrogen-bond acceptors (Lipinski definition) is 13. The van der Waals surface area contributed by atoms with Crippen molar-refractivity contribution in [2.24, 2.45) is 0 Å². The molecule has 4 aliphatic heterocycles. The van der Waals surface area contributed by atoms with Crippen LogP contribution in [0.15, 0.2) is 113 Å². The highest BCUT2D eigenvalue weighted by atomic mass is 16.5. The molecule has 2 saturated heterocycles. The first-order chi connectivity index (χ1) is 31.7. The first-order valence-corrected chi connectivity index (χ1v) is 21.9. The molecule has 4 aliphatic rings. The number of rotatable bonds is 7. The summed E-state index contributed by atoms with van der Waals surface area (Å²) in [4.78, 5) is 48.7. The van der Waals surface area contributed by atoms with Gasteiger partial charge in [0.05, 0.1) is 49.6 Å². The number of ether oxygens (including phenoxy) is 4. The van der Waals surface area contributed by atoms with Crippen molar-refractivity contribution in [3.63, 3.8) is 0 Å². The number of nitrogens with two attached hydrogens (primary N) is 1. The Morgan fingerprint density at radius 3 is 1.69 bits per heavy atom. The van der Waals surface area contributed by atoms with Gasteiger partial charge in [-0.05, 0) is 92.2 Å². The van der Waals surface area contributed by atoms with Crippen molar-refractivity contribution in [2.75, 3.05) is 73.5 Å². The van der Waals surface area contributed by atoms with Gasteiger partial charge in [0.25, 0.3) is 11.1 Å². The van der Waals surface area contributed by atoms with Crippen LogP contribution in [0.4, 0.5) is 22.7 Å². The number of aryl methyl sites for hydroxylation is 1. The molecule has 0 amide bonds. The summed E-state index contributed by atoms with van der Waals surface area (Å²) in [7, 11) is 0. The molecule has 5 N–H and O–H groups in total. The van der Waals surface area contributed by atoms with Crippen molar-refractivity contribution < 1.29 is 18.9 Å². The molecule has 5 aromatic heterocycles. The fourth-order valence-electron chi connectivity index (χ4n) is 8.68. The Kier molecular flexibility index (Phi) is 11.5. The lowest BCUT2D eigenvalue weighted by Crippen LogP contribution is -2.36. The van der Waals surface area contributed by atoms with Crippen LogP contribution >= 0.6 is 0 Å². The molecule has 1 atom stereocenters. The number of morpholine rings is 2. The zero-order chi connectivity index (χ0) is 44.4. The number of H-pyrrole nitrogens is 2. The average molecular weight is 872 g/mol. The Morgan fingerprint density at radius 1 is 0.615 bits per heavy atom. The van der Waals surface area contributed by atoms with Gasteiger partial charge < -0.3 is 49.8 Å². The van der Waals surface area contributed by atoms with Gasteiger partial charge >= 0.3 is 0 Å². The van der Waals surface area contributed by atoms with Crippen LogP contribution in [-0.4, -0.2) is 77.5 Å². The lowest BCUT2D eigenvalue weighted by atomic mass is 9.98. The highest BCUT2D eigenvalue weighted by molar-refractivity contribution is 5.73. The number of aromatic nitrogens is 5. The Hall–Kier alpha value is -7.49.